The van der Waals surface area contributed by atoms with Gasteiger partial charge in [0.1, 0.15) is 11.2 Å². The van der Waals surface area contributed by atoms with Crippen molar-refractivity contribution in [3.63, 3.8) is 0 Å². The third-order valence-electron chi connectivity index (χ3n) is 7.02. The number of likely N-dealkylation sites (N-methyl/N-ethyl adjacent to an activating group) is 2. The Hall–Kier alpha value is -1.98. The maximum absolute atomic E-state index is 11.9. The van der Waals surface area contributed by atoms with Crippen molar-refractivity contribution in [3.8, 4) is 0 Å². The van der Waals surface area contributed by atoms with Gasteiger partial charge in [-0.15, -0.1) is 0 Å². The van der Waals surface area contributed by atoms with E-state index in [4.69, 9.17) is 71.1 Å². The first-order valence-corrected chi connectivity index (χ1v) is 20.7. The smallest absolute Gasteiger partial charge is 0.410 e. The molecule has 0 rings (SSSR count). The highest BCUT2D eigenvalue weighted by Gasteiger charge is 2.20. The molecule has 0 aliphatic heterocycles. The normalized spacial score (nSPS) is 11.9. The summed E-state index contributed by atoms with van der Waals surface area (Å²) >= 11 is 0. The van der Waals surface area contributed by atoms with Gasteiger partial charge in [-0.05, 0) is 41.5 Å². The van der Waals surface area contributed by atoms with E-state index in [9.17, 15) is 9.59 Å². The first-order valence-electron chi connectivity index (χ1n) is 20.7. The van der Waals surface area contributed by atoms with Crippen molar-refractivity contribution in [2.24, 2.45) is 0 Å². The van der Waals surface area contributed by atoms with Crippen LogP contribution in [0.2, 0.25) is 0 Å². The predicted molar refractivity (Wildman–Crippen MR) is 218 cm³/mol. The Kier molecular flexibility index (Phi) is 38.8. The fraction of sp³-hybridized carbons (Fsp3) is 0.950. The minimum atomic E-state index is -0.516. The van der Waals surface area contributed by atoms with Gasteiger partial charge in [0.2, 0.25) is 0 Å². The number of carbonyl (C=O) groups excluding carboxylic acids is 2. The van der Waals surface area contributed by atoms with Crippen molar-refractivity contribution >= 4 is 12.2 Å². The molecular formula is C40H80N2O17. The molecule has 0 atom stereocenters. The Balaban J connectivity index is 3.18. The van der Waals surface area contributed by atoms with E-state index in [1.165, 1.54) is 9.80 Å². The number of rotatable bonds is 42. The number of ether oxygens (including phenoxy) is 15. The summed E-state index contributed by atoms with van der Waals surface area (Å²) in [6, 6.07) is 0. The molecular weight excluding hydrogens is 780 g/mol. The van der Waals surface area contributed by atoms with Gasteiger partial charge in [0.15, 0.2) is 0 Å². The monoisotopic (exact) mass is 861 g/mol. The van der Waals surface area contributed by atoms with Gasteiger partial charge in [0.25, 0.3) is 0 Å². The van der Waals surface area contributed by atoms with Crippen LogP contribution in [0.1, 0.15) is 41.5 Å². The third kappa shape index (κ3) is 45.4. The summed E-state index contributed by atoms with van der Waals surface area (Å²) in [5.74, 6) is 0. The van der Waals surface area contributed by atoms with E-state index >= 15 is 0 Å². The van der Waals surface area contributed by atoms with Gasteiger partial charge in [0, 0.05) is 27.2 Å². The van der Waals surface area contributed by atoms with Crippen LogP contribution in [0.4, 0.5) is 9.59 Å². The lowest BCUT2D eigenvalue weighted by atomic mass is 10.2. The molecule has 0 aliphatic rings. The first-order chi connectivity index (χ1) is 28.3. The minimum Gasteiger partial charge on any atom is -0.444 e. The van der Waals surface area contributed by atoms with E-state index in [-0.39, 0.29) is 12.2 Å². The molecule has 0 saturated heterocycles. The second-order valence-corrected chi connectivity index (χ2v) is 14.8. The SMILES string of the molecule is CN(CCOCCOCCOCCOCCOCCOCCOCCOCCOCCOCCOCCOCCOCCN(C)C(=O)OC(C)(C)C)C(=O)OC(C)(C)C. The van der Waals surface area contributed by atoms with Crippen LogP contribution < -0.4 is 0 Å². The average molecular weight is 861 g/mol. The summed E-state index contributed by atoms with van der Waals surface area (Å²) in [5.41, 5.74) is -1.03. The Morgan fingerprint density at radius 1 is 0.288 bits per heavy atom. The summed E-state index contributed by atoms with van der Waals surface area (Å²) in [6.45, 7) is 24.1. The molecule has 2 amide bonds. The van der Waals surface area contributed by atoms with Crippen molar-refractivity contribution in [1.82, 2.24) is 9.80 Å². The van der Waals surface area contributed by atoms with E-state index in [1.807, 2.05) is 41.5 Å². The fourth-order valence-corrected chi connectivity index (χ4v) is 4.01. The standard InChI is InChI=1S/C40H80N2O17/c1-39(2,3)58-37(43)41(7)9-11-45-13-15-47-17-19-49-21-23-51-25-27-53-29-31-55-33-35-57-36-34-56-32-30-54-28-26-52-24-22-50-20-18-48-16-14-46-12-10-42(8)38(44)59-40(4,5)6/h9-36H2,1-8H3. The molecule has 19 nitrogen and oxygen atoms in total. The maximum atomic E-state index is 11.9. The first kappa shape index (κ1) is 57.0. The van der Waals surface area contributed by atoms with Crippen LogP contribution in [0, 0.1) is 0 Å². The highest BCUT2D eigenvalue weighted by atomic mass is 16.6. The van der Waals surface area contributed by atoms with Gasteiger partial charge < -0.3 is 80.9 Å². The van der Waals surface area contributed by atoms with Crippen LogP contribution in [0.5, 0.6) is 0 Å². The van der Waals surface area contributed by atoms with Crippen LogP contribution in [-0.4, -0.2) is 232 Å². The van der Waals surface area contributed by atoms with Crippen LogP contribution in [0.15, 0.2) is 0 Å². The molecule has 0 aromatic heterocycles. The number of hydrogen-bond donors (Lipinski definition) is 0. The molecule has 59 heavy (non-hydrogen) atoms. The van der Waals surface area contributed by atoms with Gasteiger partial charge in [-0.2, -0.15) is 0 Å². The molecule has 352 valence electrons. The zero-order valence-corrected chi connectivity index (χ0v) is 37.6. The Morgan fingerprint density at radius 2 is 0.424 bits per heavy atom. The molecule has 0 bridgehead atoms. The zero-order valence-electron chi connectivity index (χ0n) is 37.6. The Bertz CT molecular complexity index is 867. The molecule has 0 N–H and O–H groups in total. The van der Waals surface area contributed by atoms with Crippen LogP contribution in [0.3, 0.4) is 0 Å². The predicted octanol–water partition coefficient (Wildman–Crippen LogP) is 2.94. The number of hydrogen-bond acceptors (Lipinski definition) is 17. The number of carbonyl (C=O) groups is 2. The second-order valence-electron chi connectivity index (χ2n) is 14.8. The molecule has 0 spiro atoms. The van der Waals surface area contributed by atoms with Crippen molar-refractivity contribution in [3.05, 3.63) is 0 Å². The summed E-state index contributed by atoms with van der Waals surface area (Å²) in [7, 11) is 3.36. The lowest BCUT2D eigenvalue weighted by Gasteiger charge is -2.24. The molecule has 0 aliphatic carbocycles. The van der Waals surface area contributed by atoms with Crippen molar-refractivity contribution in [2.45, 2.75) is 52.7 Å². The Morgan fingerprint density at radius 3 is 0.559 bits per heavy atom. The van der Waals surface area contributed by atoms with E-state index in [2.05, 4.69) is 0 Å². The van der Waals surface area contributed by atoms with Gasteiger partial charge in [0.05, 0.1) is 172 Å². The molecule has 0 aromatic carbocycles. The summed E-state index contributed by atoms with van der Waals surface area (Å²) < 4.78 is 81.9. The lowest BCUT2D eigenvalue weighted by molar-refractivity contribution is -0.0292. The highest BCUT2D eigenvalue weighted by Crippen LogP contribution is 2.09. The van der Waals surface area contributed by atoms with E-state index in [0.717, 1.165) is 0 Å². The van der Waals surface area contributed by atoms with E-state index in [1.54, 1.807) is 14.1 Å². The molecule has 19 heteroatoms. The molecule has 0 saturated carbocycles. The van der Waals surface area contributed by atoms with E-state index in [0.29, 0.717) is 185 Å². The van der Waals surface area contributed by atoms with Crippen molar-refractivity contribution in [1.29, 1.82) is 0 Å². The van der Waals surface area contributed by atoms with Gasteiger partial charge in [-0.25, -0.2) is 9.59 Å². The van der Waals surface area contributed by atoms with Gasteiger partial charge >= 0.3 is 12.2 Å². The molecule has 0 unspecified atom stereocenters. The highest BCUT2D eigenvalue weighted by molar-refractivity contribution is 5.68. The quantitative estimate of drug-likeness (QED) is 0.0818. The topological polar surface area (TPSA) is 179 Å². The van der Waals surface area contributed by atoms with Gasteiger partial charge in [-0.3, -0.25) is 0 Å². The zero-order chi connectivity index (χ0) is 43.7. The van der Waals surface area contributed by atoms with Gasteiger partial charge in [-0.1, -0.05) is 0 Å². The summed E-state index contributed by atoms with van der Waals surface area (Å²) in [5, 5.41) is 0. The minimum absolute atomic E-state index is 0.369. The average Bonchev–Trinajstić information content (AvgIpc) is 3.17. The van der Waals surface area contributed by atoms with Crippen molar-refractivity contribution < 1.29 is 80.6 Å². The molecule has 0 fully saturated rings. The van der Waals surface area contributed by atoms with Crippen LogP contribution in [0.25, 0.3) is 0 Å². The molecule has 0 heterocycles. The lowest BCUT2D eigenvalue weighted by Crippen LogP contribution is -2.36. The number of nitrogens with zero attached hydrogens (tertiary/aromatic N) is 2. The third-order valence-corrected chi connectivity index (χ3v) is 7.02. The van der Waals surface area contributed by atoms with Crippen molar-refractivity contribution in [2.75, 3.05) is 199 Å². The fourth-order valence-electron chi connectivity index (χ4n) is 4.01. The molecule has 0 radical (unpaired) electrons. The van der Waals surface area contributed by atoms with Crippen LogP contribution >= 0.6 is 0 Å². The number of amides is 2. The summed E-state index contributed by atoms with van der Waals surface area (Å²) in [4.78, 5) is 26.7. The maximum Gasteiger partial charge on any atom is 0.410 e. The van der Waals surface area contributed by atoms with E-state index < -0.39 is 11.2 Å². The molecule has 0 aromatic rings. The second kappa shape index (κ2) is 40.1. The summed E-state index contributed by atoms with van der Waals surface area (Å²) in [6.07, 6.45) is -0.737. The largest absolute Gasteiger partial charge is 0.444 e. The van der Waals surface area contributed by atoms with Crippen LogP contribution in [-0.2, 0) is 71.1 Å². The Labute approximate surface area is 354 Å².